The van der Waals surface area contributed by atoms with Crippen LogP contribution in [0, 0.1) is 11.6 Å². The number of hydrogen-bond donors (Lipinski definition) is 0. The number of carbonyl (C=O) groups is 1. The van der Waals surface area contributed by atoms with Crippen LogP contribution in [0.15, 0.2) is 53.8 Å². The molecule has 2 aromatic heterocycles. The smallest absolute Gasteiger partial charge is 0.269 e. The van der Waals surface area contributed by atoms with Crippen LogP contribution in [0.2, 0.25) is 0 Å². The molecule has 0 atom stereocenters. The van der Waals surface area contributed by atoms with Gasteiger partial charge in [-0.2, -0.15) is 0 Å². The van der Waals surface area contributed by atoms with E-state index in [0.29, 0.717) is 12.4 Å². The fourth-order valence-electron chi connectivity index (χ4n) is 2.51. The molecule has 6 nitrogen and oxygen atoms in total. The first-order chi connectivity index (χ1) is 12.4. The van der Waals surface area contributed by atoms with Crippen LogP contribution < -0.4 is 4.74 Å². The van der Waals surface area contributed by atoms with E-state index in [0.717, 1.165) is 28.5 Å². The van der Waals surface area contributed by atoms with E-state index in [-0.39, 0.29) is 27.5 Å². The van der Waals surface area contributed by atoms with Crippen LogP contribution in [0.1, 0.15) is 10.4 Å². The average Bonchev–Trinajstić information content (AvgIpc) is 3.01. The van der Waals surface area contributed by atoms with Crippen LogP contribution >= 0.6 is 0 Å². The van der Waals surface area contributed by atoms with E-state index in [2.05, 4.69) is 4.98 Å². The Morgan fingerprint density at radius 3 is 2.58 bits per heavy atom. The lowest BCUT2D eigenvalue weighted by molar-refractivity contribution is 0.112. The van der Waals surface area contributed by atoms with Crippen LogP contribution in [-0.4, -0.2) is 30.8 Å². The summed E-state index contributed by atoms with van der Waals surface area (Å²) in [5, 5.41) is 0. The number of hydrogen-bond acceptors (Lipinski definition) is 5. The molecule has 0 amide bonds. The Labute approximate surface area is 147 Å². The minimum absolute atomic E-state index is 0.0984. The molecule has 0 saturated carbocycles. The molecule has 3 rings (SSSR count). The van der Waals surface area contributed by atoms with E-state index in [1.807, 2.05) is 0 Å². The van der Waals surface area contributed by atoms with E-state index < -0.39 is 21.7 Å². The minimum atomic E-state index is -4.21. The Kier molecular flexibility index (Phi) is 4.56. The van der Waals surface area contributed by atoms with Gasteiger partial charge >= 0.3 is 0 Å². The molecule has 0 aliphatic carbocycles. The van der Waals surface area contributed by atoms with Crippen molar-refractivity contribution < 1.29 is 26.7 Å². The van der Waals surface area contributed by atoms with Gasteiger partial charge in [-0.3, -0.25) is 9.78 Å². The summed E-state index contributed by atoms with van der Waals surface area (Å²) in [5.74, 6) is -1.96. The predicted octanol–water partition coefficient (Wildman–Crippen LogP) is 2.89. The van der Waals surface area contributed by atoms with E-state index in [4.69, 9.17) is 4.74 Å². The van der Waals surface area contributed by atoms with Gasteiger partial charge in [-0.15, -0.1) is 0 Å². The van der Waals surface area contributed by atoms with Crippen molar-refractivity contribution in [2.24, 2.45) is 0 Å². The van der Waals surface area contributed by atoms with Gasteiger partial charge in [0.15, 0.2) is 12.0 Å². The van der Waals surface area contributed by atoms with E-state index in [1.165, 1.54) is 25.4 Å². The maximum absolute atomic E-state index is 14.3. The Morgan fingerprint density at radius 2 is 2.00 bits per heavy atom. The minimum Gasteiger partial charge on any atom is -0.494 e. The Hall–Kier alpha value is -3.07. The molecule has 134 valence electrons. The molecular formula is C17H12F2N2O4S. The van der Waals surface area contributed by atoms with Crippen molar-refractivity contribution in [3.05, 3.63) is 66.1 Å². The molecule has 0 saturated heterocycles. The molecule has 2 heterocycles. The summed E-state index contributed by atoms with van der Waals surface area (Å²) in [4.78, 5) is 14.9. The van der Waals surface area contributed by atoms with Gasteiger partial charge in [0.05, 0.1) is 12.7 Å². The highest BCUT2D eigenvalue weighted by atomic mass is 32.2. The first kappa shape index (κ1) is 17.7. The second-order valence-electron chi connectivity index (χ2n) is 5.20. The van der Waals surface area contributed by atoms with Crippen molar-refractivity contribution in [2.45, 2.75) is 4.90 Å². The molecule has 26 heavy (non-hydrogen) atoms. The standard InChI is InChI=1S/C17H12F2N2O4S/c1-25-17-11(10-22)9-21(26(23,24)13-3-2-6-20-8-13)16(17)14-5-4-12(18)7-15(14)19/h2-10H,1H3. The van der Waals surface area contributed by atoms with Gasteiger partial charge in [0.2, 0.25) is 0 Å². The van der Waals surface area contributed by atoms with Gasteiger partial charge in [0, 0.05) is 30.2 Å². The number of nitrogens with zero attached hydrogens (tertiary/aromatic N) is 2. The summed E-state index contributed by atoms with van der Waals surface area (Å²) < 4.78 is 59.4. The Balaban J connectivity index is 2.37. The molecule has 0 bridgehead atoms. The van der Waals surface area contributed by atoms with Crippen molar-refractivity contribution in [3.63, 3.8) is 0 Å². The third kappa shape index (κ3) is 2.86. The molecule has 0 fully saturated rings. The van der Waals surface area contributed by atoms with Gasteiger partial charge in [-0.05, 0) is 24.3 Å². The van der Waals surface area contributed by atoms with Crippen molar-refractivity contribution >= 4 is 16.3 Å². The van der Waals surface area contributed by atoms with Gasteiger partial charge in [0.25, 0.3) is 10.0 Å². The molecule has 0 N–H and O–H groups in total. The molecule has 0 spiro atoms. The van der Waals surface area contributed by atoms with Crippen molar-refractivity contribution in [1.82, 2.24) is 8.96 Å². The highest BCUT2D eigenvalue weighted by molar-refractivity contribution is 7.90. The van der Waals surface area contributed by atoms with E-state index in [9.17, 15) is 22.0 Å². The summed E-state index contributed by atoms with van der Waals surface area (Å²) in [6.07, 6.45) is 3.92. The van der Waals surface area contributed by atoms with Crippen LogP contribution in [0.4, 0.5) is 8.78 Å². The van der Waals surface area contributed by atoms with Gasteiger partial charge in [0.1, 0.15) is 22.2 Å². The number of ether oxygens (including phenoxy) is 1. The number of rotatable bonds is 5. The number of pyridine rings is 1. The first-order valence-electron chi connectivity index (χ1n) is 7.25. The van der Waals surface area contributed by atoms with E-state index >= 15 is 0 Å². The molecule has 0 radical (unpaired) electrons. The highest BCUT2D eigenvalue weighted by Crippen LogP contribution is 2.38. The zero-order chi connectivity index (χ0) is 18.9. The topological polar surface area (TPSA) is 78.3 Å². The number of halogens is 2. The molecule has 0 aliphatic rings. The van der Waals surface area contributed by atoms with Gasteiger partial charge < -0.3 is 4.74 Å². The van der Waals surface area contributed by atoms with E-state index in [1.54, 1.807) is 0 Å². The highest BCUT2D eigenvalue weighted by Gasteiger charge is 2.28. The van der Waals surface area contributed by atoms with Crippen molar-refractivity contribution in [1.29, 1.82) is 0 Å². The second-order valence-corrected chi connectivity index (χ2v) is 7.01. The molecule has 9 heteroatoms. The van der Waals surface area contributed by atoms with Gasteiger partial charge in [-0.1, -0.05) is 0 Å². The maximum Gasteiger partial charge on any atom is 0.269 e. The summed E-state index contributed by atoms with van der Waals surface area (Å²) in [7, 11) is -3.00. The number of benzene rings is 1. The molecular weight excluding hydrogens is 366 g/mol. The Bertz CT molecular complexity index is 1080. The second kappa shape index (κ2) is 6.68. The lowest BCUT2D eigenvalue weighted by Gasteiger charge is -2.12. The van der Waals surface area contributed by atoms with Crippen LogP contribution in [0.3, 0.4) is 0 Å². The van der Waals surface area contributed by atoms with Crippen LogP contribution in [0.5, 0.6) is 5.75 Å². The largest absolute Gasteiger partial charge is 0.494 e. The fraction of sp³-hybridized carbons (Fsp3) is 0.0588. The third-order valence-corrected chi connectivity index (χ3v) is 5.31. The third-order valence-electron chi connectivity index (χ3n) is 3.66. The molecule has 3 aromatic rings. The summed E-state index contributed by atoms with van der Waals surface area (Å²) in [5.41, 5.74) is -0.557. The number of aldehydes is 1. The zero-order valence-corrected chi connectivity index (χ0v) is 14.2. The quantitative estimate of drug-likeness (QED) is 0.638. The van der Waals surface area contributed by atoms with Gasteiger partial charge in [-0.25, -0.2) is 21.2 Å². The SMILES string of the molecule is COc1c(C=O)cn(S(=O)(=O)c2cccnc2)c1-c1ccc(F)cc1F. The molecule has 0 aliphatic heterocycles. The lowest BCUT2D eigenvalue weighted by Crippen LogP contribution is -2.14. The van der Waals surface area contributed by atoms with Crippen LogP contribution in [-0.2, 0) is 10.0 Å². The zero-order valence-electron chi connectivity index (χ0n) is 13.4. The van der Waals surface area contributed by atoms with Crippen molar-refractivity contribution in [3.8, 4) is 17.0 Å². The van der Waals surface area contributed by atoms with Crippen LogP contribution in [0.25, 0.3) is 11.3 Å². The fourth-order valence-corrected chi connectivity index (χ4v) is 3.86. The molecule has 1 aromatic carbocycles. The normalized spacial score (nSPS) is 11.3. The number of carbonyl (C=O) groups excluding carboxylic acids is 1. The number of aromatic nitrogens is 2. The Morgan fingerprint density at radius 1 is 1.23 bits per heavy atom. The maximum atomic E-state index is 14.3. The summed E-state index contributed by atoms with van der Waals surface area (Å²) in [6.45, 7) is 0. The predicted molar refractivity (Wildman–Crippen MR) is 88.5 cm³/mol. The number of methoxy groups -OCH3 is 1. The average molecular weight is 378 g/mol. The van der Waals surface area contributed by atoms with Crippen molar-refractivity contribution in [2.75, 3.05) is 7.11 Å². The molecule has 0 unspecified atom stereocenters. The first-order valence-corrected chi connectivity index (χ1v) is 8.69. The summed E-state index contributed by atoms with van der Waals surface area (Å²) in [6, 6.07) is 5.40. The lowest BCUT2D eigenvalue weighted by atomic mass is 10.1. The monoisotopic (exact) mass is 378 g/mol. The summed E-state index contributed by atoms with van der Waals surface area (Å²) >= 11 is 0.